The first-order valence-electron chi connectivity index (χ1n) is 5.70. The molecular formula is C14H11O4P. The molecule has 0 aliphatic rings. The minimum atomic E-state index is -4.55. The van der Waals surface area contributed by atoms with E-state index in [1.807, 2.05) is 42.5 Å². The first-order chi connectivity index (χ1) is 9.04. The van der Waals surface area contributed by atoms with Crippen LogP contribution in [0.4, 0.5) is 0 Å². The Morgan fingerprint density at radius 3 is 2.32 bits per heavy atom. The number of hydrogen-bond donors (Lipinski definition) is 2. The normalized spacial score (nSPS) is 11.9. The highest BCUT2D eigenvalue weighted by Gasteiger charge is 2.17. The Kier molecular flexibility index (Phi) is 2.79. The van der Waals surface area contributed by atoms with Crippen LogP contribution >= 0.6 is 7.82 Å². The summed E-state index contributed by atoms with van der Waals surface area (Å²) in [6, 6.07) is 16.7. The molecule has 3 aromatic carbocycles. The first kappa shape index (κ1) is 12.2. The summed E-state index contributed by atoms with van der Waals surface area (Å²) in [4.78, 5) is 17.9. The van der Waals surface area contributed by atoms with Crippen molar-refractivity contribution in [3.05, 3.63) is 54.6 Å². The molecule has 3 rings (SSSR count). The van der Waals surface area contributed by atoms with Crippen molar-refractivity contribution in [1.29, 1.82) is 0 Å². The fraction of sp³-hybridized carbons (Fsp3) is 0. The van der Waals surface area contributed by atoms with Crippen molar-refractivity contribution in [2.75, 3.05) is 0 Å². The van der Waals surface area contributed by atoms with E-state index < -0.39 is 7.82 Å². The molecule has 0 bridgehead atoms. The number of phosphoric ester groups is 1. The molecule has 4 nitrogen and oxygen atoms in total. The van der Waals surface area contributed by atoms with Gasteiger partial charge < -0.3 is 4.52 Å². The van der Waals surface area contributed by atoms with Crippen LogP contribution in [0.25, 0.3) is 21.5 Å². The highest BCUT2D eigenvalue weighted by Crippen LogP contribution is 2.41. The minimum absolute atomic E-state index is 0.191. The van der Waals surface area contributed by atoms with Gasteiger partial charge in [-0.1, -0.05) is 48.5 Å². The van der Waals surface area contributed by atoms with E-state index in [-0.39, 0.29) is 5.75 Å². The summed E-state index contributed by atoms with van der Waals surface area (Å²) < 4.78 is 15.7. The monoisotopic (exact) mass is 274 g/mol. The Bertz CT molecular complexity index is 807. The van der Waals surface area contributed by atoms with Gasteiger partial charge in [-0.15, -0.1) is 0 Å². The number of hydrogen-bond acceptors (Lipinski definition) is 2. The number of fused-ring (bicyclic) bond motifs is 3. The van der Waals surface area contributed by atoms with Crippen LogP contribution in [0.1, 0.15) is 0 Å². The number of phosphoric acid groups is 1. The van der Waals surface area contributed by atoms with Gasteiger partial charge in [0.15, 0.2) is 0 Å². The molecule has 5 heteroatoms. The SMILES string of the molecule is O=P(O)(O)Oc1cccc2c1ccc1ccccc12. The van der Waals surface area contributed by atoms with Gasteiger partial charge in [-0.2, -0.15) is 0 Å². The van der Waals surface area contributed by atoms with E-state index in [0.29, 0.717) is 5.39 Å². The van der Waals surface area contributed by atoms with Crippen molar-refractivity contribution in [3.63, 3.8) is 0 Å². The smallest absolute Gasteiger partial charge is 0.404 e. The van der Waals surface area contributed by atoms with Crippen molar-refractivity contribution in [1.82, 2.24) is 0 Å². The predicted octanol–water partition coefficient (Wildman–Crippen LogP) is 3.46. The molecule has 0 aliphatic carbocycles. The van der Waals surface area contributed by atoms with Crippen LogP contribution in [-0.4, -0.2) is 9.79 Å². The maximum Gasteiger partial charge on any atom is 0.524 e. The highest BCUT2D eigenvalue weighted by molar-refractivity contribution is 7.46. The standard InChI is InChI=1S/C14H11O4P/c15-19(16,17)18-14-7-3-6-12-11-5-2-1-4-10(11)8-9-13(12)14/h1-9H,(H2,15,16,17). The minimum Gasteiger partial charge on any atom is -0.404 e. The molecule has 19 heavy (non-hydrogen) atoms. The third-order valence-electron chi connectivity index (χ3n) is 2.96. The van der Waals surface area contributed by atoms with Gasteiger partial charge in [0.2, 0.25) is 0 Å². The summed E-state index contributed by atoms with van der Waals surface area (Å²) in [6.07, 6.45) is 0. The summed E-state index contributed by atoms with van der Waals surface area (Å²) in [5, 5.41) is 3.69. The molecule has 0 aliphatic heterocycles. The summed E-state index contributed by atoms with van der Waals surface area (Å²) in [7, 11) is -4.55. The number of rotatable bonds is 2. The zero-order valence-electron chi connectivity index (χ0n) is 9.85. The first-order valence-corrected chi connectivity index (χ1v) is 7.23. The Morgan fingerprint density at radius 2 is 1.53 bits per heavy atom. The van der Waals surface area contributed by atoms with E-state index in [2.05, 4.69) is 0 Å². The summed E-state index contributed by atoms with van der Waals surface area (Å²) in [5.41, 5.74) is 0. The average Bonchev–Trinajstić information content (AvgIpc) is 2.37. The van der Waals surface area contributed by atoms with Crippen LogP contribution in [0.3, 0.4) is 0 Å². The van der Waals surface area contributed by atoms with Crippen LogP contribution in [-0.2, 0) is 4.57 Å². The Labute approximate surface area is 109 Å². The lowest BCUT2D eigenvalue weighted by Crippen LogP contribution is -1.91. The Balaban J connectivity index is 2.32. The average molecular weight is 274 g/mol. The molecule has 0 unspecified atom stereocenters. The van der Waals surface area contributed by atoms with E-state index in [9.17, 15) is 4.57 Å². The van der Waals surface area contributed by atoms with Crippen molar-refractivity contribution < 1.29 is 18.9 Å². The molecule has 0 heterocycles. The third-order valence-corrected chi connectivity index (χ3v) is 3.40. The topological polar surface area (TPSA) is 66.8 Å². The fourth-order valence-corrected chi connectivity index (χ4v) is 2.63. The summed E-state index contributed by atoms with van der Waals surface area (Å²) >= 11 is 0. The van der Waals surface area contributed by atoms with E-state index in [4.69, 9.17) is 14.3 Å². The van der Waals surface area contributed by atoms with Crippen LogP contribution in [0.15, 0.2) is 54.6 Å². The van der Waals surface area contributed by atoms with E-state index >= 15 is 0 Å². The number of benzene rings is 3. The maximum atomic E-state index is 11.0. The van der Waals surface area contributed by atoms with Crippen LogP contribution < -0.4 is 4.52 Å². The molecule has 0 fully saturated rings. The van der Waals surface area contributed by atoms with Gasteiger partial charge in [-0.05, 0) is 22.2 Å². The van der Waals surface area contributed by atoms with Crippen LogP contribution in [0.2, 0.25) is 0 Å². The van der Waals surface area contributed by atoms with Gasteiger partial charge in [-0.25, -0.2) is 4.57 Å². The van der Waals surface area contributed by atoms with Crippen molar-refractivity contribution in [2.45, 2.75) is 0 Å². The van der Waals surface area contributed by atoms with Gasteiger partial charge >= 0.3 is 7.82 Å². The second kappa shape index (κ2) is 4.35. The maximum absolute atomic E-state index is 11.0. The fourth-order valence-electron chi connectivity index (χ4n) is 2.22. The molecule has 0 aromatic heterocycles. The molecule has 0 spiro atoms. The Hall–Kier alpha value is -1.87. The quantitative estimate of drug-likeness (QED) is 0.554. The largest absolute Gasteiger partial charge is 0.524 e. The second-order valence-electron chi connectivity index (χ2n) is 4.22. The van der Waals surface area contributed by atoms with Gasteiger partial charge in [0, 0.05) is 5.39 Å². The lowest BCUT2D eigenvalue weighted by Gasteiger charge is -2.11. The lowest BCUT2D eigenvalue weighted by atomic mass is 10.0. The molecule has 0 amide bonds. The van der Waals surface area contributed by atoms with Gasteiger partial charge in [0.25, 0.3) is 0 Å². The molecule has 0 saturated heterocycles. The lowest BCUT2D eigenvalue weighted by molar-refractivity contribution is 0.284. The Morgan fingerprint density at radius 1 is 0.789 bits per heavy atom. The molecule has 2 N–H and O–H groups in total. The van der Waals surface area contributed by atoms with Gasteiger partial charge in [-0.3, -0.25) is 9.79 Å². The van der Waals surface area contributed by atoms with Crippen LogP contribution in [0, 0.1) is 0 Å². The molecule has 0 radical (unpaired) electrons. The molecule has 0 atom stereocenters. The molecule has 3 aromatic rings. The predicted molar refractivity (Wildman–Crippen MR) is 74.1 cm³/mol. The van der Waals surface area contributed by atoms with Gasteiger partial charge in [0.05, 0.1) is 0 Å². The van der Waals surface area contributed by atoms with Crippen molar-refractivity contribution in [3.8, 4) is 5.75 Å². The zero-order valence-corrected chi connectivity index (χ0v) is 10.7. The van der Waals surface area contributed by atoms with E-state index in [0.717, 1.165) is 16.2 Å². The second-order valence-corrected chi connectivity index (χ2v) is 5.38. The molecular weight excluding hydrogens is 263 g/mol. The van der Waals surface area contributed by atoms with Crippen molar-refractivity contribution in [2.24, 2.45) is 0 Å². The van der Waals surface area contributed by atoms with E-state index in [1.165, 1.54) is 0 Å². The summed E-state index contributed by atoms with van der Waals surface area (Å²) in [6.45, 7) is 0. The van der Waals surface area contributed by atoms with Crippen molar-refractivity contribution >= 4 is 29.4 Å². The zero-order chi connectivity index (χ0) is 13.5. The van der Waals surface area contributed by atoms with Gasteiger partial charge in [0.1, 0.15) is 5.75 Å². The van der Waals surface area contributed by atoms with Crippen LogP contribution in [0.5, 0.6) is 5.75 Å². The van der Waals surface area contributed by atoms with E-state index in [1.54, 1.807) is 12.1 Å². The third kappa shape index (κ3) is 2.34. The highest BCUT2D eigenvalue weighted by atomic mass is 31.2. The molecule has 96 valence electrons. The summed E-state index contributed by atoms with van der Waals surface area (Å²) in [5.74, 6) is 0.191. The molecule has 0 saturated carbocycles.